The molecule has 0 atom stereocenters. The molecule has 0 aliphatic heterocycles. The molecule has 14 heteroatoms. The van der Waals surface area contributed by atoms with Crippen LogP contribution < -0.4 is 20.1 Å². The fraction of sp³-hybridized carbons (Fsp3) is 0.235. The maximum absolute atomic E-state index is 12.0. The molecule has 0 unspecified atom stereocenters. The first-order valence-corrected chi connectivity index (χ1v) is 18.3. The van der Waals surface area contributed by atoms with Crippen molar-refractivity contribution in [2.45, 2.75) is 6.10 Å². The maximum Gasteiger partial charge on any atom is 0.264 e. The molecule has 2 heterocycles. The topological polar surface area (TPSA) is 130 Å². The standard InChI is InChI=1S/C34H34N4O7S3/c1-41-20-43-26-12-14-29-31(16-26)46-33(37-29)22-4-8-24(9-5-22)35-18-28(45-48(3,39)40)19-36-25-10-6-23(7-11-25)34-38-30-15-13-27(44-21-42-2)17-32(30)47-34/h4-17,28,35-36H,18-21H2,1-3H3. The number of hydrogen-bond acceptors (Lipinski definition) is 13. The lowest BCUT2D eigenvalue weighted by atomic mass is 10.2. The number of aromatic nitrogens is 2. The fourth-order valence-electron chi connectivity index (χ4n) is 4.80. The molecule has 0 aliphatic carbocycles. The molecule has 6 aromatic rings. The van der Waals surface area contributed by atoms with Gasteiger partial charge < -0.3 is 29.6 Å². The Balaban J connectivity index is 1.06. The molecule has 48 heavy (non-hydrogen) atoms. The van der Waals surface area contributed by atoms with Crippen LogP contribution in [-0.4, -0.2) is 71.6 Å². The highest BCUT2D eigenvalue weighted by Gasteiger charge is 2.16. The van der Waals surface area contributed by atoms with E-state index < -0.39 is 16.2 Å². The number of anilines is 2. The van der Waals surface area contributed by atoms with E-state index in [1.54, 1.807) is 36.9 Å². The van der Waals surface area contributed by atoms with Gasteiger partial charge in [-0.1, -0.05) is 0 Å². The molecule has 0 amide bonds. The number of rotatable bonds is 16. The summed E-state index contributed by atoms with van der Waals surface area (Å²) in [6.45, 7) is 0.908. The molecule has 0 saturated carbocycles. The maximum atomic E-state index is 12.0. The van der Waals surface area contributed by atoms with Gasteiger partial charge in [-0.25, -0.2) is 9.97 Å². The third-order valence-electron chi connectivity index (χ3n) is 7.05. The number of nitrogens with one attached hydrogen (secondary N) is 2. The van der Waals surface area contributed by atoms with E-state index in [-0.39, 0.29) is 26.7 Å². The Morgan fingerprint density at radius 2 is 1.10 bits per heavy atom. The summed E-state index contributed by atoms with van der Waals surface area (Å²) in [7, 11) is -0.518. The molecule has 250 valence electrons. The smallest absolute Gasteiger partial charge is 0.264 e. The zero-order chi connectivity index (χ0) is 33.5. The summed E-state index contributed by atoms with van der Waals surface area (Å²) >= 11 is 3.15. The minimum absolute atomic E-state index is 0.186. The second kappa shape index (κ2) is 15.3. The van der Waals surface area contributed by atoms with Crippen molar-refractivity contribution in [3.05, 3.63) is 84.9 Å². The second-order valence-corrected chi connectivity index (χ2v) is 14.4. The van der Waals surface area contributed by atoms with Crippen LogP contribution in [0, 0.1) is 0 Å². The van der Waals surface area contributed by atoms with Gasteiger partial charge in [0, 0.05) is 49.8 Å². The first-order chi connectivity index (χ1) is 23.3. The van der Waals surface area contributed by atoms with E-state index in [9.17, 15) is 8.42 Å². The van der Waals surface area contributed by atoms with E-state index in [1.807, 2.05) is 84.9 Å². The molecule has 0 radical (unpaired) electrons. The number of methoxy groups -OCH3 is 2. The zero-order valence-electron chi connectivity index (χ0n) is 26.5. The lowest BCUT2D eigenvalue weighted by Crippen LogP contribution is -2.32. The Labute approximate surface area is 286 Å². The third kappa shape index (κ3) is 8.78. The van der Waals surface area contributed by atoms with Crippen molar-refractivity contribution in [1.29, 1.82) is 0 Å². The van der Waals surface area contributed by atoms with Gasteiger partial charge in [0.15, 0.2) is 13.6 Å². The van der Waals surface area contributed by atoms with Crippen LogP contribution in [0.1, 0.15) is 0 Å². The van der Waals surface area contributed by atoms with Gasteiger partial charge in [-0.2, -0.15) is 8.42 Å². The minimum Gasteiger partial charge on any atom is -0.468 e. The van der Waals surface area contributed by atoms with Gasteiger partial charge in [0.25, 0.3) is 10.1 Å². The molecule has 2 N–H and O–H groups in total. The van der Waals surface area contributed by atoms with E-state index in [1.165, 1.54) is 0 Å². The van der Waals surface area contributed by atoms with Gasteiger partial charge in [0.1, 0.15) is 27.6 Å². The number of fused-ring (bicyclic) bond motifs is 2. The van der Waals surface area contributed by atoms with E-state index >= 15 is 0 Å². The highest BCUT2D eigenvalue weighted by molar-refractivity contribution is 7.86. The Kier molecular flexibility index (Phi) is 10.7. The second-order valence-electron chi connectivity index (χ2n) is 10.7. The van der Waals surface area contributed by atoms with Crippen LogP contribution in [0.25, 0.3) is 41.6 Å². The number of thiazole rings is 2. The molecular weight excluding hydrogens is 673 g/mol. The molecule has 0 bridgehead atoms. The van der Waals surface area contributed by atoms with Crippen molar-refractivity contribution in [3.63, 3.8) is 0 Å². The van der Waals surface area contributed by atoms with Crippen LogP contribution >= 0.6 is 22.7 Å². The summed E-state index contributed by atoms with van der Waals surface area (Å²) < 4.78 is 52.6. The van der Waals surface area contributed by atoms with E-state index in [0.717, 1.165) is 70.7 Å². The van der Waals surface area contributed by atoms with Crippen molar-refractivity contribution in [3.8, 4) is 32.6 Å². The monoisotopic (exact) mass is 706 g/mol. The lowest BCUT2D eigenvalue weighted by molar-refractivity contribution is 0.0511. The summed E-state index contributed by atoms with van der Waals surface area (Å²) in [5, 5.41) is 8.37. The fourth-order valence-corrected chi connectivity index (χ4v) is 7.43. The molecule has 0 aliphatic rings. The van der Waals surface area contributed by atoms with Crippen LogP contribution in [0.3, 0.4) is 0 Å². The van der Waals surface area contributed by atoms with Gasteiger partial charge in [-0.15, -0.1) is 22.7 Å². The highest BCUT2D eigenvalue weighted by Crippen LogP contribution is 2.34. The SMILES string of the molecule is COCOc1ccc2nc(-c3ccc(NCC(CNc4ccc(-c5nc6ccc(OCOC)cc6s5)cc4)OS(C)(=O)=O)cc3)sc2c1. The highest BCUT2D eigenvalue weighted by atomic mass is 32.2. The molecule has 0 fully saturated rings. The van der Waals surface area contributed by atoms with E-state index in [0.29, 0.717) is 0 Å². The Hall–Kier alpha value is -4.31. The molecule has 4 aromatic carbocycles. The molecular formula is C34H34N4O7S3. The minimum atomic E-state index is -3.69. The Bertz CT molecular complexity index is 1950. The summed E-state index contributed by atoms with van der Waals surface area (Å²) in [5.41, 5.74) is 5.39. The molecule has 0 saturated heterocycles. The van der Waals surface area contributed by atoms with Gasteiger partial charge in [0.05, 0.1) is 26.7 Å². The van der Waals surface area contributed by atoms with Crippen molar-refractivity contribution < 1.29 is 31.5 Å². The molecule has 6 rings (SSSR count). The van der Waals surface area contributed by atoms with E-state index in [4.69, 9.17) is 33.1 Å². The van der Waals surface area contributed by atoms with E-state index in [2.05, 4.69) is 10.6 Å². The van der Waals surface area contributed by atoms with Crippen molar-refractivity contribution in [2.24, 2.45) is 0 Å². The van der Waals surface area contributed by atoms with Gasteiger partial charge >= 0.3 is 0 Å². The Morgan fingerprint density at radius 3 is 1.50 bits per heavy atom. The number of benzene rings is 4. The third-order valence-corrected chi connectivity index (χ3v) is 9.81. The molecule has 2 aromatic heterocycles. The first-order valence-electron chi connectivity index (χ1n) is 14.9. The zero-order valence-corrected chi connectivity index (χ0v) is 28.9. The van der Waals surface area contributed by atoms with Crippen LogP contribution in [0.4, 0.5) is 11.4 Å². The quantitative estimate of drug-likeness (QED) is 0.0792. The van der Waals surface area contributed by atoms with Crippen LogP contribution in [0.15, 0.2) is 84.9 Å². The number of ether oxygens (including phenoxy) is 4. The van der Waals surface area contributed by atoms with Crippen molar-refractivity contribution in [1.82, 2.24) is 9.97 Å². The average Bonchev–Trinajstić information content (AvgIpc) is 3.71. The van der Waals surface area contributed by atoms with Crippen LogP contribution in [0.5, 0.6) is 11.5 Å². The number of hydrogen-bond donors (Lipinski definition) is 2. The summed E-state index contributed by atoms with van der Waals surface area (Å²) in [6.07, 6.45) is 0.399. The van der Waals surface area contributed by atoms with Crippen molar-refractivity contribution in [2.75, 3.05) is 57.8 Å². The predicted molar refractivity (Wildman–Crippen MR) is 192 cm³/mol. The molecule has 11 nitrogen and oxygen atoms in total. The average molecular weight is 707 g/mol. The number of nitrogens with zero attached hydrogens (tertiary/aromatic N) is 2. The van der Waals surface area contributed by atoms with Gasteiger partial charge in [-0.05, 0) is 84.9 Å². The summed E-state index contributed by atoms with van der Waals surface area (Å²) in [6, 6.07) is 27.2. The van der Waals surface area contributed by atoms with Crippen LogP contribution in [0.2, 0.25) is 0 Å². The summed E-state index contributed by atoms with van der Waals surface area (Å²) in [4.78, 5) is 9.50. The first kappa shape index (κ1) is 33.6. The van der Waals surface area contributed by atoms with Crippen LogP contribution in [-0.2, 0) is 23.8 Å². The summed E-state index contributed by atoms with van der Waals surface area (Å²) in [5.74, 6) is 1.45. The predicted octanol–water partition coefficient (Wildman–Crippen LogP) is 7.07. The van der Waals surface area contributed by atoms with Gasteiger partial charge in [0.2, 0.25) is 0 Å². The largest absolute Gasteiger partial charge is 0.468 e. The molecule has 0 spiro atoms. The lowest BCUT2D eigenvalue weighted by Gasteiger charge is -2.19. The normalized spacial score (nSPS) is 11.8. The van der Waals surface area contributed by atoms with Crippen molar-refractivity contribution >= 4 is 64.6 Å². The van der Waals surface area contributed by atoms with Gasteiger partial charge in [-0.3, -0.25) is 4.18 Å². The Morgan fingerprint density at radius 1 is 0.667 bits per heavy atom.